The molecule has 0 bridgehead atoms. The van der Waals surface area contributed by atoms with Crippen LogP contribution in [-0.2, 0) is 4.79 Å². The third-order valence-corrected chi connectivity index (χ3v) is 3.42. The fourth-order valence-electron chi connectivity index (χ4n) is 2.28. The number of carbonyl (C=O) groups is 1. The maximum atomic E-state index is 12.5. The van der Waals surface area contributed by atoms with Crippen LogP contribution in [0.4, 0.5) is 19.0 Å². The largest absolute Gasteiger partial charge is 0.573 e. The second kappa shape index (κ2) is 7.04. The van der Waals surface area contributed by atoms with E-state index < -0.39 is 6.36 Å². The third-order valence-electron chi connectivity index (χ3n) is 3.21. The van der Waals surface area contributed by atoms with E-state index >= 15 is 0 Å². The van der Waals surface area contributed by atoms with Gasteiger partial charge in [0.05, 0.1) is 22.6 Å². The lowest BCUT2D eigenvalue weighted by Crippen LogP contribution is -2.17. The Kier molecular flexibility index (Phi) is 4.81. The molecule has 26 heavy (non-hydrogen) atoms. The van der Waals surface area contributed by atoms with Gasteiger partial charge in [-0.2, -0.15) is 0 Å². The molecular formula is C16H10ClF3N4O2. The molecule has 0 aliphatic carbocycles. The lowest BCUT2D eigenvalue weighted by atomic mass is 10.1. The topological polar surface area (TPSA) is 69.0 Å². The predicted octanol–water partition coefficient (Wildman–Crippen LogP) is 4.05. The number of hydrogen-bond donors (Lipinski definition) is 1. The molecule has 2 aromatic heterocycles. The highest BCUT2D eigenvalue weighted by Gasteiger charge is 2.31. The molecule has 2 heterocycles. The number of rotatable bonds is 5. The molecule has 1 N–H and O–H groups in total. The van der Waals surface area contributed by atoms with E-state index in [4.69, 9.17) is 11.6 Å². The smallest absolute Gasteiger partial charge is 0.406 e. The molecule has 3 rings (SSSR count). The fourth-order valence-corrected chi connectivity index (χ4v) is 2.45. The summed E-state index contributed by atoms with van der Waals surface area (Å²) in [6.07, 6.45) is -1.46. The van der Waals surface area contributed by atoms with Crippen LogP contribution in [0.5, 0.6) is 5.75 Å². The van der Waals surface area contributed by atoms with Crippen LogP contribution in [0, 0.1) is 0 Å². The summed E-state index contributed by atoms with van der Waals surface area (Å²) in [7, 11) is 0. The summed E-state index contributed by atoms with van der Waals surface area (Å²) < 4.78 is 42.7. The van der Waals surface area contributed by atoms with Crippen molar-refractivity contribution in [3.8, 4) is 22.7 Å². The highest BCUT2D eigenvalue weighted by Crippen LogP contribution is 2.31. The third kappa shape index (κ3) is 4.12. The Morgan fingerprint density at radius 3 is 2.69 bits per heavy atom. The number of amides is 1. The van der Waals surface area contributed by atoms with E-state index in [9.17, 15) is 18.0 Å². The Labute approximate surface area is 150 Å². The Balaban J connectivity index is 2.09. The molecule has 0 fully saturated rings. The van der Waals surface area contributed by atoms with Gasteiger partial charge in [0.15, 0.2) is 5.82 Å². The van der Waals surface area contributed by atoms with Crippen molar-refractivity contribution in [2.45, 2.75) is 6.36 Å². The molecule has 0 saturated heterocycles. The van der Waals surface area contributed by atoms with Gasteiger partial charge in [0, 0.05) is 17.8 Å². The van der Waals surface area contributed by atoms with Gasteiger partial charge < -0.3 is 10.1 Å². The average Bonchev–Trinajstić information content (AvgIpc) is 2.98. The van der Waals surface area contributed by atoms with Gasteiger partial charge in [0.25, 0.3) is 0 Å². The Morgan fingerprint density at radius 1 is 1.19 bits per heavy atom. The van der Waals surface area contributed by atoms with E-state index in [0.717, 1.165) is 0 Å². The zero-order chi connectivity index (χ0) is 18.7. The van der Waals surface area contributed by atoms with E-state index in [-0.39, 0.29) is 11.6 Å². The molecule has 0 aliphatic rings. The number of halogens is 4. The fraction of sp³-hybridized carbons (Fsp3) is 0.0625. The zero-order valence-electron chi connectivity index (χ0n) is 12.9. The lowest BCUT2D eigenvalue weighted by molar-refractivity contribution is -0.274. The van der Waals surface area contributed by atoms with Crippen molar-refractivity contribution >= 4 is 23.8 Å². The number of hydrogen-bond acceptors (Lipinski definition) is 4. The van der Waals surface area contributed by atoms with Crippen LogP contribution in [0.2, 0.25) is 5.02 Å². The number of nitrogens with one attached hydrogen (secondary N) is 1. The molecule has 1 aromatic carbocycles. The van der Waals surface area contributed by atoms with Gasteiger partial charge in [-0.15, -0.1) is 18.3 Å². The Bertz CT molecular complexity index is 943. The first kappa shape index (κ1) is 17.7. The van der Waals surface area contributed by atoms with Crippen LogP contribution in [0.15, 0.2) is 48.8 Å². The highest BCUT2D eigenvalue weighted by atomic mass is 35.5. The van der Waals surface area contributed by atoms with Crippen LogP contribution in [0.25, 0.3) is 16.9 Å². The molecule has 10 heteroatoms. The Hall–Kier alpha value is -3.07. The number of aromatic nitrogens is 3. The molecule has 0 atom stereocenters. The summed E-state index contributed by atoms with van der Waals surface area (Å²) >= 11 is 5.94. The van der Waals surface area contributed by atoms with Crippen LogP contribution < -0.4 is 10.1 Å². The molecule has 0 radical (unpaired) electrons. The summed E-state index contributed by atoms with van der Waals surface area (Å²) in [4.78, 5) is 14.7. The van der Waals surface area contributed by atoms with Gasteiger partial charge in [-0.25, -0.2) is 4.68 Å². The van der Waals surface area contributed by atoms with Gasteiger partial charge in [-0.3, -0.25) is 9.78 Å². The summed E-state index contributed by atoms with van der Waals surface area (Å²) in [6, 6.07) is 8.47. The van der Waals surface area contributed by atoms with Crippen molar-refractivity contribution < 1.29 is 22.7 Å². The number of anilines is 1. The van der Waals surface area contributed by atoms with Gasteiger partial charge in [-0.05, 0) is 18.2 Å². The van der Waals surface area contributed by atoms with Crippen molar-refractivity contribution in [1.82, 2.24) is 14.8 Å². The first-order valence-corrected chi connectivity index (χ1v) is 7.51. The minimum Gasteiger partial charge on any atom is -0.406 e. The van der Waals surface area contributed by atoms with Gasteiger partial charge in [-0.1, -0.05) is 23.7 Å². The van der Waals surface area contributed by atoms with Crippen molar-refractivity contribution in [1.29, 1.82) is 0 Å². The first-order chi connectivity index (χ1) is 12.4. The standard InChI is InChI=1S/C16H10ClF3N4O2/c17-11-5-12(8-21-7-11)24-14(6-15(23-24)22-9-25)10-2-1-3-13(4-10)26-16(18,19)20/h1-9H,(H,22,23,25). The van der Waals surface area contributed by atoms with E-state index in [1.54, 1.807) is 12.1 Å². The number of benzene rings is 1. The van der Waals surface area contributed by atoms with Crippen molar-refractivity contribution in [3.05, 3.63) is 53.8 Å². The maximum absolute atomic E-state index is 12.5. The van der Waals surface area contributed by atoms with Crippen LogP contribution in [-0.4, -0.2) is 27.5 Å². The molecule has 1 amide bonds. The second-order valence-corrected chi connectivity index (χ2v) is 5.46. The average molecular weight is 383 g/mol. The number of ether oxygens (including phenoxy) is 1. The van der Waals surface area contributed by atoms with Crippen molar-refractivity contribution in [2.75, 3.05) is 5.32 Å². The van der Waals surface area contributed by atoms with Crippen LogP contribution in [0.3, 0.4) is 0 Å². The van der Waals surface area contributed by atoms with Crippen LogP contribution in [0.1, 0.15) is 0 Å². The molecule has 0 aliphatic heterocycles. The lowest BCUT2D eigenvalue weighted by Gasteiger charge is -2.11. The van der Waals surface area contributed by atoms with Crippen molar-refractivity contribution in [2.24, 2.45) is 0 Å². The molecule has 0 spiro atoms. The highest BCUT2D eigenvalue weighted by molar-refractivity contribution is 6.30. The predicted molar refractivity (Wildman–Crippen MR) is 88.2 cm³/mol. The second-order valence-electron chi connectivity index (χ2n) is 5.03. The molecule has 0 unspecified atom stereocenters. The number of carbonyl (C=O) groups excluding carboxylic acids is 1. The van der Waals surface area contributed by atoms with Gasteiger partial charge >= 0.3 is 6.36 Å². The van der Waals surface area contributed by atoms with Crippen molar-refractivity contribution in [3.63, 3.8) is 0 Å². The van der Waals surface area contributed by atoms with E-state index in [2.05, 4.69) is 20.1 Å². The van der Waals surface area contributed by atoms with E-state index in [1.807, 2.05) is 0 Å². The molecule has 134 valence electrons. The minimum atomic E-state index is -4.81. The quantitative estimate of drug-likeness (QED) is 0.676. The summed E-state index contributed by atoms with van der Waals surface area (Å²) in [5.74, 6) is -0.172. The van der Waals surface area contributed by atoms with E-state index in [1.165, 1.54) is 41.3 Å². The Morgan fingerprint density at radius 2 is 2.00 bits per heavy atom. The first-order valence-electron chi connectivity index (χ1n) is 7.13. The summed E-state index contributed by atoms with van der Waals surface area (Å²) in [6.45, 7) is 0. The number of alkyl halides is 3. The zero-order valence-corrected chi connectivity index (χ0v) is 13.6. The normalized spacial score (nSPS) is 11.2. The molecule has 6 nitrogen and oxygen atoms in total. The maximum Gasteiger partial charge on any atom is 0.573 e. The molecular weight excluding hydrogens is 373 g/mol. The molecule has 3 aromatic rings. The summed E-state index contributed by atoms with van der Waals surface area (Å²) in [5, 5.41) is 6.95. The molecule has 0 saturated carbocycles. The summed E-state index contributed by atoms with van der Waals surface area (Å²) in [5.41, 5.74) is 1.26. The minimum absolute atomic E-state index is 0.206. The van der Waals surface area contributed by atoms with Gasteiger partial charge in [0.2, 0.25) is 6.41 Å². The van der Waals surface area contributed by atoms with E-state index in [0.29, 0.717) is 28.4 Å². The number of nitrogens with zero attached hydrogens (tertiary/aromatic N) is 3. The SMILES string of the molecule is O=CNc1cc(-c2cccc(OC(F)(F)F)c2)n(-c2cncc(Cl)c2)n1. The monoisotopic (exact) mass is 382 g/mol. The number of pyridine rings is 1. The van der Waals surface area contributed by atoms with Crippen LogP contribution >= 0.6 is 11.6 Å². The van der Waals surface area contributed by atoms with Gasteiger partial charge in [0.1, 0.15) is 5.75 Å².